The molecule has 0 radical (unpaired) electrons. The monoisotopic (exact) mass is 217 g/mol. The minimum atomic E-state index is 0.110. The van der Waals surface area contributed by atoms with Crippen molar-refractivity contribution in [3.8, 4) is 0 Å². The normalized spacial score (nSPS) is 13.2. The Hall–Kier alpha value is -1.32. The van der Waals surface area contributed by atoms with Gasteiger partial charge in [0, 0.05) is 30.2 Å². The van der Waals surface area contributed by atoms with Gasteiger partial charge in [-0.15, -0.1) is 0 Å². The summed E-state index contributed by atoms with van der Waals surface area (Å²) in [7, 11) is 4.02. The Labute approximate surface area is 96.2 Å². The molecule has 1 unspecified atom stereocenters. The average molecular weight is 217 g/mol. The number of benzene rings is 1. The molecule has 2 aromatic rings. The molecule has 0 saturated heterocycles. The Bertz CT molecular complexity index is 473. The van der Waals surface area contributed by atoms with Crippen molar-refractivity contribution in [2.45, 2.75) is 12.5 Å². The zero-order valence-corrected chi connectivity index (χ0v) is 9.90. The van der Waals surface area contributed by atoms with Crippen LogP contribution in [-0.4, -0.2) is 18.2 Å². The van der Waals surface area contributed by atoms with E-state index in [1.165, 1.54) is 16.5 Å². The van der Waals surface area contributed by atoms with Crippen LogP contribution in [0.15, 0.2) is 30.5 Å². The summed E-state index contributed by atoms with van der Waals surface area (Å²) in [5, 5.41) is 4.41. The first-order valence-corrected chi connectivity index (χ1v) is 5.68. The number of fused-ring (bicyclic) bond motifs is 1. The number of aryl methyl sites for hydroxylation is 1. The van der Waals surface area contributed by atoms with E-state index < -0.39 is 0 Å². The van der Waals surface area contributed by atoms with E-state index in [0.29, 0.717) is 0 Å². The number of nitrogens with two attached hydrogens (primary N) is 1. The molecule has 1 aromatic heterocycles. The molecule has 1 heterocycles. The van der Waals surface area contributed by atoms with Crippen LogP contribution < -0.4 is 11.1 Å². The third-order valence-electron chi connectivity index (χ3n) is 3.03. The molecule has 0 spiro atoms. The van der Waals surface area contributed by atoms with E-state index in [4.69, 9.17) is 5.73 Å². The van der Waals surface area contributed by atoms with Crippen LogP contribution in [0, 0.1) is 0 Å². The summed E-state index contributed by atoms with van der Waals surface area (Å²) < 4.78 is 2.14. The number of hydrogen-bond acceptors (Lipinski definition) is 2. The predicted octanol–water partition coefficient (Wildman–Crippen LogP) is 1.79. The molecule has 3 N–H and O–H groups in total. The number of nitrogens with one attached hydrogen (secondary N) is 1. The minimum Gasteiger partial charge on any atom is -0.350 e. The maximum absolute atomic E-state index is 6.21. The molecule has 0 fully saturated rings. The molecule has 0 aliphatic carbocycles. The third kappa shape index (κ3) is 1.96. The smallest absolute Gasteiger partial charge is 0.0481 e. The first kappa shape index (κ1) is 11.2. The topological polar surface area (TPSA) is 43.0 Å². The van der Waals surface area contributed by atoms with E-state index in [1.807, 2.05) is 7.05 Å². The Kier molecular flexibility index (Phi) is 3.27. The van der Waals surface area contributed by atoms with Crippen LogP contribution >= 0.6 is 0 Å². The van der Waals surface area contributed by atoms with Gasteiger partial charge >= 0.3 is 0 Å². The highest BCUT2D eigenvalue weighted by atomic mass is 14.9. The van der Waals surface area contributed by atoms with Gasteiger partial charge in [0.1, 0.15) is 0 Å². The van der Waals surface area contributed by atoms with Crippen LogP contribution in [0.2, 0.25) is 0 Å². The second-order valence-electron chi connectivity index (χ2n) is 4.21. The van der Waals surface area contributed by atoms with Gasteiger partial charge in [-0.1, -0.05) is 18.2 Å². The fourth-order valence-corrected chi connectivity index (χ4v) is 2.12. The van der Waals surface area contributed by atoms with Crippen molar-refractivity contribution in [2.24, 2.45) is 12.8 Å². The Morgan fingerprint density at radius 1 is 1.38 bits per heavy atom. The molecule has 1 atom stereocenters. The summed E-state index contributed by atoms with van der Waals surface area (Å²) in [5.74, 6) is 0. The number of rotatable bonds is 4. The number of hydrogen-bond donors (Lipinski definition) is 2. The predicted molar refractivity (Wildman–Crippen MR) is 68.4 cm³/mol. The van der Waals surface area contributed by atoms with Crippen LogP contribution in [0.25, 0.3) is 10.9 Å². The van der Waals surface area contributed by atoms with Crippen LogP contribution in [0.3, 0.4) is 0 Å². The van der Waals surface area contributed by atoms with Gasteiger partial charge in [-0.2, -0.15) is 0 Å². The number of nitrogens with zero attached hydrogens (tertiary/aromatic N) is 1. The third-order valence-corrected chi connectivity index (χ3v) is 3.03. The van der Waals surface area contributed by atoms with Crippen molar-refractivity contribution in [3.63, 3.8) is 0 Å². The van der Waals surface area contributed by atoms with Gasteiger partial charge in [0.2, 0.25) is 0 Å². The zero-order chi connectivity index (χ0) is 11.5. The average Bonchev–Trinajstić information content (AvgIpc) is 2.65. The van der Waals surface area contributed by atoms with Crippen molar-refractivity contribution in [1.29, 1.82) is 0 Å². The zero-order valence-electron chi connectivity index (χ0n) is 9.90. The maximum Gasteiger partial charge on any atom is 0.0481 e. The summed E-state index contributed by atoms with van der Waals surface area (Å²) in [5.41, 5.74) is 8.70. The second kappa shape index (κ2) is 4.68. The molecule has 3 heteroatoms. The largest absolute Gasteiger partial charge is 0.350 e. The Balaban J connectivity index is 2.37. The van der Waals surface area contributed by atoms with E-state index in [9.17, 15) is 0 Å². The fraction of sp³-hybridized carbons (Fsp3) is 0.385. The Morgan fingerprint density at radius 2 is 2.12 bits per heavy atom. The molecule has 0 saturated carbocycles. The summed E-state index contributed by atoms with van der Waals surface area (Å²) >= 11 is 0. The molecule has 86 valence electrons. The van der Waals surface area contributed by atoms with E-state index in [2.05, 4.69) is 47.4 Å². The Morgan fingerprint density at radius 3 is 2.88 bits per heavy atom. The van der Waals surface area contributed by atoms with E-state index in [-0.39, 0.29) is 6.04 Å². The summed E-state index contributed by atoms with van der Waals surface area (Å²) in [6.07, 6.45) is 3.11. The summed E-state index contributed by atoms with van der Waals surface area (Å²) in [4.78, 5) is 0. The molecule has 16 heavy (non-hydrogen) atoms. The lowest BCUT2D eigenvalue weighted by Gasteiger charge is -2.09. The SMILES string of the molecule is CNCCC(N)c1cn(C)c2ccccc12. The van der Waals surface area contributed by atoms with Crippen molar-refractivity contribution >= 4 is 10.9 Å². The molecule has 1 aromatic carbocycles. The molecular formula is C13H19N3. The van der Waals surface area contributed by atoms with Crippen LogP contribution in [0.5, 0.6) is 0 Å². The lowest BCUT2D eigenvalue weighted by atomic mass is 10.0. The first-order valence-electron chi connectivity index (χ1n) is 5.68. The maximum atomic E-state index is 6.21. The molecule has 0 aliphatic rings. The highest BCUT2D eigenvalue weighted by Crippen LogP contribution is 2.25. The van der Waals surface area contributed by atoms with E-state index >= 15 is 0 Å². The van der Waals surface area contributed by atoms with Gasteiger partial charge < -0.3 is 15.6 Å². The quantitative estimate of drug-likeness (QED) is 0.820. The van der Waals surface area contributed by atoms with Gasteiger partial charge in [-0.25, -0.2) is 0 Å². The van der Waals surface area contributed by atoms with E-state index in [1.54, 1.807) is 0 Å². The highest BCUT2D eigenvalue weighted by molar-refractivity contribution is 5.84. The molecular weight excluding hydrogens is 198 g/mol. The molecule has 0 bridgehead atoms. The van der Waals surface area contributed by atoms with Gasteiger partial charge in [0.25, 0.3) is 0 Å². The molecule has 3 nitrogen and oxygen atoms in total. The summed E-state index contributed by atoms with van der Waals surface area (Å²) in [6.45, 7) is 0.949. The van der Waals surface area contributed by atoms with Crippen molar-refractivity contribution in [1.82, 2.24) is 9.88 Å². The first-order chi connectivity index (χ1) is 7.74. The lowest BCUT2D eigenvalue weighted by Crippen LogP contribution is -2.17. The van der Waals surface area contributed by atoms with Crippen molar-refractivity contribution < 1.29 is 0 Å². The number of para-hydroxylation sites is 1. The molecule has 0 amide bonds. The fourth-order valence-electron chi connectivity index (χ4n) is 2.12. The molecule has 2 rings (SSSR count). The van der Waals surface area contributed by atoms with Gasteiger partial charge in [-0.3, -0.25) is 0 Å². The minimum absolute atomic E-state index is 0.110. The second-order valence-corrected chi connectivity index (χ2v) is 4.21. The van der Waals surface area contributed by atoms with Crippen LogP contribution in [0.4, 0.5) is 0 Å². The molecule has 0 aliphatic heterocycles. The van der Waals surface area contributed by atoms with Crippen LogP contribution in [-0.2, 0) is 7.05 Å². The van der Waals surface area contributed by atoms with Crippen molar-refractivity contribution in [3.05, 3.63) is 36.0 Å². The standard InChI is InChI=1S/C13H19N3/c1-15-8-7-12(14)11-9-16(2)13-6-4-3-5-10(11)13/h3-6,9,12,15H,7-8,14H2,1-2H3. The van der Waals surface area contributed by atoms with Crippen molar-refractivity contribution in [2.75, 3.05) is 13.6 Å². The summed E-state index contributed by atoms with van der Waals surface area (Å²) in [6, 6.07) is 8.51. The van der Waals surface area contributed by atoms with Crippen LogP contribution in [0.1, 0.15) is 18.0 Å². The number of aromatic nitrogens is 1. The highest BCUT2D eigenvalue weighted by Gasteiger charge is 2.12. The van der Waals surface area contributed by atoms with E-state index in [0.717, 1.165) is 13.0 Å². The van der Waals surface area contributed by atoms with Gasteiger partial charge in [-0.05, 0) is 31.6 Å². The lowest BCUT2D eigenvalue weighted by molar-refractivity contribution is 0.617. The van der Waals surface area contributed by atoms with Gasteiger partial charge in [0.05, 0.1) is 0 Å². The van der Waals surface area contributed by atoms with Gasteiger partial charge in [0.15, 0.2) is 0 Å².